The summed E-state index contributed by atoms with van der Waals surface area (Å²) >= 11 is 0. The average molecular weight is 379 g/mol. The highest BCUT2D eigenvalue weighted by atomic mass is 16.4. The Morgan fingerprint density at radius 1 is 0.893 bits per heavy atom. The van der Waals surface area contributed by atoms with Crippen molar-refractivity contribution in [3.05, 3.63) is 65.7 Å². The number of carbonyl (C=O) groups is 3. The van der Waals surface area contributed by atoms with E-state index in [0.717, 1.165) is 18.4 Å². The second kappa shape index (κ2) is 9.17. The van der Waals surface area contributed by atoms with Gasteiger partial charge in [0.25, 0.3) is 5.91 Å². The number of benzene rings is 2. The van der Waals surface area contributed by atoms with Crippen molar-refractivity contribution in [1.82, 2.24) is 5.32 Å². The van der Waals surface area contributed by atoms with Crippen molar-refractivity contribution in [2.24, 2.45) is 11.8 Å². The van der Waals surface area contributed by atoms with Gasteiger partial charge in [0.1, 0.15) is 0 Å². The maximum absolute atomic E-state index is 12.7. The van der Waals surface area contributed by atoms with Gasteiger partial charge in [-0.3, -0.25) is 9.59 Å². The molecule has 0 aliphatic heterocycles. The highest BCUT2D eigenvalue weighted by Crippen LogP contribution is 2.31. The lowest BCUT2D eigenvalue weighted by Crippen LogP contribution is -2.42. The maximum Gasteiger partial charge on any atom is 0.253 e. The van der Waals surface area contributed by atoms with E-state index >= 15 is 0 Å². The molecule has 1 aliphatic carbocycles. The number of anilines is 1. The monoisotopic (exact) mass is 379 g/mol. The van der Waals surface area contributed by atoms with E-state index in [4.69, 9.17) is 0 Å². The minimum atomic E-state index is -1.19. The van der Waals surface area contributed by atoms with Crippen molar-refractivity contribution < 1.29 is 19.5 Å². The molecule has 2 amide bonds. The van der Waals surface area contributed by atoms with Crippen molar-refractivity contribution in [3.63, 3.8) is 0 Å². The minimum Gasteiger partial charge on any atom is -0.550 e. The van der Waals surface area contributed by atoms with Crippen LogP contribution in [0, 0.1) is 11.8 Å². The molecular weight excluding hydrogens is 356 g/mol. The van der Waals surface area contributed by atoms with Gasteiger partial charge in [0, 0.05) is 24.3 Å². The Labute approximate surface area is 164 Å². The fourth-order valence-electron chi connectivity index (χ4n) is 3.62. The summed E-state index contributed by atoms with van der Waals surface area (Å²) in [5, 5.41) is 17.0. The van der Waals surface area contributed by atoms with Gasteiger partial charge in [-0.1, -0.05) is 55.3 Å². The molecule has 2 N–H and O–H groups in total. The van der Waals surface area contributed by atoms with Gasteiger partial charge in [-0.25, -0.2) is 0 Å². The van der Waals surface area contributed by atoms with Crippen molar-refractivity contribution in [3.8, 4) is 0 Å². The zero-order chi connectivity index (χ0) is 19.9. The molecule has 0 radical (unpaired) electrons. The van der Waals surface area contributed by atoms with E-state index in [1.165, 1.54) is 0 Å². The molecule has 0 heterocycles. The first-order valence-electron chi connectivity index (χ1n) is 9.49. The lowest BCUT2D eigenvalue weighted by molar-refractivity contribution is -0.313. The maximum atomic E-state index is 12.7. The predicted molar refractivity (Wildman–Crippen MR) is 103 cm³/mol. The minimum absolute atomic E-state index is 0.306. The number of hydrogen-bond acceptors (Lipinski definition) is 4. The molecule has 0 saturated heterocycles. The molecule has 2 aromatic carbocycles. The molecule has 28 heavy (non-hydrogen) atoms. The van der Waals surface area contributed by atoms with E-state index in [9.17, 15) is 19.5 Å². The third-order valence-electron chi connectivity index (χ3n) is 5.13. The van der Waals surface area contributed by atoms with E-state index in [1.54, 1.807) is 24.3 Å². The summed E-state index contributed by atoms with van der Waals surface area (Å²) in [6, 6.07) is 16.2. The Morgan fingerprint density at radius 2 is 1.54 bits per heavy atom. The first kappa shape index (κ1) is 19.6. The summed E-state index contributed by atoms with van der Waals surface area (Å²) < 4.78 is 0. The molecule has 146 valence electrons. The Bertz CT molecular complexity index is 851. The van der Waals surface area contributed by atoms with Crippen LogP contribution in [0.5, 0.6) is 0 Å². The van der Waals surface area contributed by atoms with Crippen LogP contribution in [0.15, 0.2) is 54.6 Å². The van der Waals surface area contributed by atoms with E-state index in [2.05, 4.69) is 10.6 Å². The van der Waals surface area contributed by atoms with Crippen LogP contribution in [0.25, 0.3) is 0 Å². The smallest absolute Gasteiger partial charge is 0.253 e. The average Bonchev–Trinajstić information content (AvgIpc) is 2.73. The van der Waals surface area contributed by atoms with Crippen LogP contribution in [-0.4, -0.2) is 17.8 Å². The number of amides is 2. The summed E-state index contributed by atoms with van der Waals surface area (Å²) in [7, 11) is 0. The molecule has 0 unspecified atom stereocenters. The van der Waals surface area contributed by atoms with Crippen molar-refractivity contribution in [1.29, 1.82) is 0 Å². The highest BCUT2D eigenvalue weighted by Gasteiger charge is 2.32. The van der Waals surface area contributed by atoms with Gasteiger partial charge < -0.3 is 20.5 Å². The van der Waals surface area contributed by atoms with E-state index in [-0.39, 0.29) is 11.8 Å². The van der Waals surface area contributed by atoms with Crippen LogP contribution in [0.3, 0.4) is 0 Å². The van der Waals surface area contributed by atoms with Crippen LogP contribution < -0.4 is 15.7 Å². The van der Waals surface area contributed by atoms with Gasteiger partial charge in [-0.15, -0.1) is 0 Å². The van der Waals surface area contributed by atoms with Crippen LogP contribution in [0.4, 0.5) is 5.69 Å². The van der Waals surface area contributed by atoms with Crippen LogP contribution in [-0.2, 0) is 16.1 Å². The quantitative estimate of drug-likeness (QED) is 0.803. The second-order valence-electron chi connectivity index (χ2n) is 7.02. The third kappa shape index (κ3) is 4.76. The molecule has 1 fully saturated rings. The summed E-state index contributed by atoms with van der Waals surface area (Å²) in [6.07, 6.45) is 2.54. The number of carbonyl (C=O) groups excluding carboxylic acids is 3. The summed E-state index contributed by atoms with van der Waals surface area (Å²) in [5.74, 6) is -3.29. The van der Waals surface area contributed by atoms with Crippen LogP contribution in [0.1, 0.15) is 41.6 Å². The number of carboxylic acid groups (broad SMARTS) is 1. The van der Waals surface area contributed by atoms with Crippen molar-refractivity contribution in [2.45, 2.75) is 32.2 Å². The normalized spacial score (nSPS) is 18.9. The lowest BCUT2D eigenvalue weighted by atomic mass is 9.78. The van der Waals surface area contributed by atoms with Crippen LogP contribution >= 0.6 is 0 Å². The number of aliphatic carboxylic acids is 1. The van der Waals surface area contributed by atoms with Crippen LogP contribution in [0.2, 0.25) is 0 Å². The fourth-order valence-corrected chi connectivity index (χ4v) is 3.62. The Kier molecular flexibility index (Phi) is 6.42. The third-order valence-corrected chi connectivity index (χ3v) is 5.13. The Balaban J connectivity index is 1.70. The first-order valence-corrected chi connectivity index (χ1v) is 9.49. The molecule has 0 bridgehead atoms. The van der Waals surface area contributed by atoms with Gasteiger partial charge in [0.15, 0.2) is 0 Å². The molecular formula is C22H23N2O4-. The first-order chi connectivity index (χ1) is 13.6. The van der Waals surface area contributed by atoms with Gasteiger partial charge in [-0.2, -0.15) is 0 Å². The Morgan fingerprint density at radius 3 is 2.25 bits per heavy atom. The number of rotatable bonds is 6. The van der Waals surface area contributed by atoms with Crippen molar-refractivity contribution in [2.75, 3.05) is 5.32 Å². The van der Waals surface area contributed by atoms with E-state index < -0.39 is 17.8 Å². The second-order valence-corrected chi connectivity index (χ2v) is 7.02. The van der Waals surface area contributed by atoms with Crippen molar-refractivity contribution >= 4 is 23.5 Å². The molecule has 1 aliphatic rings. The van der Waals surface area contributed by atoms with Gasteiger partial charge >= 0.3 is 0 Å². The van der Waals surface area contributed by atoms with E-state index in [0.29, 0.717) is 30.6 Å². The molecule has 2 aromatic rings. The topological polar surface area (TPSA) is 98.3 Å². The molecule has 6 heteroatoms. The number of nitrogens with one attached hydrogen (secondary N) is 2. The molecule has 3 rings (SSSR count). The molecule has 2 atom stereocenters. The van der Waals surface area contributed by atoms with E-state index in [1.807, 2.05) is 30.3 Å². The molecule has 0 aromatic heterocycles. The SMILES string of the molecule is O=C(NCc1ccccc1)c1ccccc1NC(=O)[C@H]1CCCC[C@@H]1C(=O)[O-]. The number of hydrogen-bond donors (Lipinski definition) is 2. The molecule has 0 spiro atoms. The summed E-state index contributed by atoms with van der Waals surface area (Å²) in [5.41, 5.74) is 1.68. The van der Waals surface area contributed by atoms with Gasteiger partial charge in [-0.05, 0) is 30.5 Å². The van der Waals surface area contributed by atoms with Gasteiger partial charge in [0.2, 0.25) is 5.91 Å². The number of para-hydroxylation sites is 1. The molecule has 6 nitrogen and oxygen atoms in total. The molecule has 1 saturated carbocycles. The zero-order valence-electron chi connectivity index (χ0n) is 15.5. The number of carboxylic acids is 1. The highest BCUT2D eigenvalue weighted by molar-refractivity contribution is 6.04. The lowest BCUT2D eigenvalue weighted by Gasteiger charge is -2.31. The predicted octanol–water partition coefficient (Wildman–Crippen LogP) is 2.11. The summed E-state index contributed by atoms with van der Waals surface area (Å²) in [6.45, 7) is 0.372. The zero-order valence-corrected chi connectivity index (χ0v) is 15.5. The largest absolute Gasteiger partial charge is 0.550 e. The fraction of sp³-hybridized carbons (Fsp3) is 0.318. The Hall–Kier alpha value is -3.15. The standard InChI is InChI=1S/C22H24N2O4/c25-20(23-14-15-8-2-1-3-9-15)18-12-6-7-13-19(18)24-21(26)16-10-4-5-11-17(16)22(27)28/h1-3,6-9,12-13,16-17H,4-5,10-11,14H2,(H,23,25)(H,24,26)(H,27,28)/p-1/t16-,17-/m0/s1. The summed E-state index contributed by atoms with van der Waals surface area (Å²) in [4.78, 5) is 36.7. The van der Waals surface area contributed by atoms with Gasteiger partial charge in [0.05, 0.1) is 11.3 Å².